The first kappa shape index (κ1) is 21.3. The number of aliphatic hydroxyl groups excluding tert-OH is 1. The lowest BCUT2D eigenvalue weighted by Gasteiger charge is -2.36. The first-order valence-corrected chi connectivity index (χ1v) is 9.21. The number of nitrogens with zero attached hydrogens (tertiary/aromatic N) is 6. The molecule has 1 amide bonds. The Kier molecular flexibility index (Phi) is 6.70. The molecule has 0 spiro atoms. The number of halogens is 2. The standard InChI is InChI=1S/C17H17F2N7O3S/c18-13-5-12(26-8-11(22-23-26)7-21-17(30)29-10-20)6-14(19)16(13)25-3-1-24(2-4-25)15(28)9-27/h5-6,8,27H,1-4,7,9H2,(H,21,30). The second-order valence-electron chi connectivity index (χ2n) is 6.27. The van der Waals surface area contributed by atoms with Gasteiger partial charge >= 0.3 is 0 Å². The van der Waals surface area contributed by atoms with Gasteiger partial charge in [0.2, 0.25) is 5.91 Å². The van der Waals surface area contributed by atoms with E-state index in [-0.39, 0.29) is 49.3 Å². The maximum atomic E-state index is 14.7. The Labute approximate surface area is 175 Å². The summed E-state index contributed by atoms with van der Waals surface area (Å²) < 4.78 is 35.0. The third-order valence-electron chi connectivity index (χ3n) is 4.44. The van der Waals surface area contributed by atoms with Crippen LogP contribution in [0.4, 0.5) is 14.5 Å². The van der Waals surface area contributed by atoms with Crippen LogP contribution in [-0.2, 0) is 16.1 Å². The third-order valence-corrected chi connectivity index (χ3v) is 4.67. The van der Waals surface area contributed by atoms with E-state index in [1.165, 1.54) is 26.9 Å². The summed E-state index contributed by atoms with van der Waals surface area (Å²) in [6, 6.07) is 2.28. The van der Waals surface area contributed by atoms with Crippen molar-refractivity contribution < 1.29 is 23.4 Å². The van der Waals surface area contributed by atoms with Crippen LogP contribution in [0.3, 0.4) is 0 Å². The number of hydrogen-bond acceptors (Lipinski definition) is 8. The molecular weight excluding hydrogens is 420 g/mol. The van der Waals surface area contributed by atoms with E-state index in [9.17, 15) is 13.6 Å². The number of nitriles is 1. The van der Waals surface area contributed by atoms with Crippen LogP contribution in [0.25, 0.3) is 5.69 Å². The molecule has 0 unspecified atom stereocenters. The lowest BCUT2D eigenvalue weighted by Crippen LogP contribution is -2.50. The monoisotopic (exact) mass is 437 g/mol. The van der Waals surface area contributed by atoms with Crippen molar-refractivity contribution in [3.8, 4) is 11.9 Å². The van der Waals surface area contributed by atoms with Crippen molar-refractivity contribution >= 4 is 29.0 Å². The van der Waals surface area contributed by atoms with Gasteiger partial charge in [0.25, 0.3) is 11.4 Å². The molecule has 1 aromatic heterocycles. The Morgan fingerprint density at radius 3 is 2.57 bits per heavy atom. The molecule has 2 aromatic rings. The first-order valence-electron chi connectivity index (χ1n) is 8.81. The predicted octanol–water partition coefficient (Wildman–Crippen LogP) is 0.0586. The number of benzene rings is 1. The number of ether oxygens (including phenoxy) is 1. The summed E-state index contributed by atoms with van der Waals surface area (Å²) >= 11 is 4.74. The van der Waals surface area contributed by atoms with E-state index in [1.54, 1.807) is 0 Å². The fourth-order valence-electron chi connectivity index (χ4n) is 3.01. The van der Waals surface area contributed by atoms with Gasteiger partial charge in [-0.1, -0.05) is 5.21 Å². The highest BCUT2D eigenvalue weighted by atomic mass is 32.1. The number of amides is 1. The Morgan fingerprint density at radius 1 is 1.30 bits per heavy atom. The van der Waals surface area contributed by atoms with Crippen LogP contribution >= 0.6 is 12.2 Å². The summed E-state index contributed by atoms with van der Waals surface area (Å²) in [5.74, 6) is -1.96. The number of thiocarbonyl (C=S) groups is 1. The van der Waals surface area contributed by atoms with E-state index in [0.29, 0.717) is 5.69 Å². The number of aromatic nitrogens is 3. The molecule has 0 aliphatic carbocycles. The van der Waals surface area contributed by atoms with Crippen molar-refractivity contribution in [3.63, 3.8) is 0 Å². The SMILES string of the molecule is N#COC(=S)NCc1cn(-c2cc(F)c(N3CCN(C(=O)CO)CC3)c(F)c2)nn1. The zero-order chi connectivity index (χ0) is 21.7. The summed E-state index contributed by atoms with van der Waals surface area (Å²) in [5, 5.41) is 27.5. The van der Waals surface area contributed by atoms with Crippen LogP contribution in [0, 0.1) is 23.2 Å². The molecule has 2 N–H and O–H groups in total. The van der Waals surface area contributed by atoms with Crippen LogP contribution < -0.4 is 10.2 Å². The minimum absolute atomic E-state index is 0.112. The molecule has 0 saturated carbocycles. The topological polar surface area (TPSA) is 120 Å². The second-order valence-corrected chi connectivity index (χ2v) is 6.64. The summed E-state index contributed by atoms with van der Waals surface area (Å²) in [5.41, 5.74) is 0.363. The van der Waals surface area contributed by atoms with E-state index in [4.69, 9.17) is 22.6 Å². The van der Waals surface area contributed by atoms with Crippen LogP contribution in [0.15, 0.2) is 18.3 Å². The number of anilines is 1. The summed E-state index contributed by atoms with van der Waals surface area (Å²) in [4.78, 5) is 14.5. The molecule has 13 heteroatoms. The number of piperazine rings is 1. The molecule has 1 fully saturated rings. The highest BCUT2D eigenvalue weighted by Crippen LogP contribution is 2.27. The largest absolute Gasteiger partial charge is 0.387 e. The van der Waals surface area contributed by atoms with Crippen LogP contribution in [0.1, 0.15) is 5.69 Å². The molecule has 1 aliphatic rings. The number of hydrogen-bond donors (Lipinski definition) is 2. The minimum Gasteiger partial charge on any atom is -0.387 e. The number of rotatable bonds is 5. The Balaban J connectivity index is 1.70. The molecule has 2 heterocycles. The summed E-state index contributed by atoms with van der Waals surface area (Å²) in [7, 11) is 0. The Hall–Kier alpha value is -3.37. The van der Waals surface area contributed by atoms with Gasteiger partial charge < -0.3 is 25.0 Å². The average molecular weight is 437 g/mol. The van der Waals surface area contributed by atoms with Gasteiger partial charge in [-0.2, -0.15) is 0 Å². The van der Waals surface area contributed by atoms with E-state index in [1.807, 2.05) is 0 Å². The van der Waals surface area contributed by atoms with Crippen LogP contribution in [-0.4, -0.2) is 68.9 Å². The van der Waals surface area contributed by atoms with Gasteiger partial charge in [0.15, 0.2) is 11.6 Å². The second kappa shape index (κ2) is 9.42. The van der Waals surface area contributed by atoms with Gasteiger partial charge in [0.05, 0.1) is 18.4 Å². The van der Waals surface area contributed by atoms with E-state index in [2.05, 4.69) is 20.4 Å². The molecule has 0 bridgehead atoms. The minimum atomic E-state index is -0.772. The fourth-order valence-corrected chi connectivity index (χ4v) is 3.12. The first-order chi connectivity index (χ1) is 14.4. The Morgan fingerprint density at radius 2 is 1.97 bits per heavy atom. The zero-order valence-electron chi connectivity index (χ0n) is 15.6. The maximum Gasteiger partial charge on any atom is 0.294 e. The highest BCUT2D eigenvalue weighted by molar-refractivity contribution is 7.80. The maximum absolute atomic E-state index is 14.7. The van der Waals surface area contributed by atoms with Gasteiger partial charge in [-0.05, 0) is 12.2 Å². The predicted molar refractivity (Wildman–Crippen MR) is 103 cm³/mol. The van der Waals surface area contributed by atoms with Gasteiger partial charge in [0, 0.05) is 38.3 Å². The molecule has 0 atom stereocenters. The molecule has 1 aliphatic heterocycles. The Bertz CT molecular complexity index is 963. The van der Waals surface area contributed by atoms with E-state index < -0.39 is 24.1 Å². The van der Waals surface area contributed by atoms with Crippen molar-refractivity contribution in [2.24, 2.45) is 0 Å². The highest BCUT2D eigenvalue weighted by Gasteiger charge is 2.25. The molecule has 10 nitrogen and oxygen atoms in total. The van der Waals surface area contributed by atoms with Gasteiger partial charge in [-0.25, -0.2) is 13.5 Å². The number of aliphatic hydroxyl groups is 1. The van der Waals surface area contributed by atoms with Crippen molar-refractivity contribution in [2.45, 2.75) is 6.54 Å². The van der Waals surface area contributed by atoms with Crippen LogP contribution in [0.2, 0.25) is 0 Å². The zero-order valence-corrected chi connectivity index (χ0v) is 16.4. The quantitative estimate of drug-likeness (QED) is 0.494. The third kappa shape index (κ3) is 4.78. The molecule has 0 radical (unpaired) electrons. The average Bonchev–Trinajstić information content (AvgIpc) is 3.21. The summed E-state index contributed by atoms with van der Waals surface area (Å²) in [6.07, 6.45) is 2.88. The molecule has 3 rings (SSSR count). The smallest absolute Gasteiger partial charge is 0.294 e. The molecular formula is C17H17F2N7O3S. The van der Waals surface area contributed by atoms with Gasteiger partial charge in [-0.3, -0.25) is 4.79 Å². The van der Waals surface area contributed by atoms with Crippen molar-refractivity contribution in [3.05, 3.63) is 35.7 Å². The summed E-state index contributed by atoms with van der Waals surface area (Å²) in [6.45, 7) is 0.517. The fraction of sp³-hybridized carbons (Fsp3) is 0.353. The van der Waals surface area contributed by atoms with E-state index in [0.717, 1.165) is 12.1 Å². The van der Waals surface area contributed by atoms with Crippen molar-refractivity contribution in [1.82, 2.24) is 25.2 Å². The van der Waals surface area contributed by atoms with Gasteiger partial charge in [-0.15, -0.1) is 10.4 Å². The van der Waals surface area contributed by atoms with Crippen LogP contribution in [0.5, 0.6) is 0 Å². The number of carbonyl (C=O) groups excluding carboxylic acids is 1. The molecule has 30 heavy (non-hydrogen) atoms. The molecule has 1 saturated heterocycles. The van der Waals surface area contributed by atoms with Crippen molar-refractivity contribution in [1.29, 1.82) is 5.26 Å². The lowest BCUT2D eigenvalue weighted by atomic mass is 10.2. The number of nitrogens with one attached hydrogen (secondary N) is 1. The molecule has 158 valence electrons. The van der Waals surface area contributed by atoms with Gasteiger partial charge in [0.1, 0.15) is 18.0 Å². The lowest BCUT2D eigenvalue weighted by molar-refractivity contribution is -0.134. The number of carbonyl (C=O) groups is 1. The normalized spacial score (nSPS) is 13.7. The molecule has 1 aromatic carbocycles. The van der Waals surface area contributed by atoms with E-state index >= 15 is 0 Å². The van der Waals surface area contributed by atoms with Crippen molar-refractivity contribution in [2.75, 3.05) is 37.7 Å².